The zero-order valence-electron chi connectivity index (χ0n) is 17.7. The molecule has 0 saturated carbocycles. The highest BCUT2D eigenvalue weighted by Crippen LogP contribution is 2.36. The summed E-state index contributed by atoms with van der Waals surface area (Å²) in [4.78, 5) is 0. The minimum atomic E-state index is -0.311. The molecule has 1 atom stereocenters. The normalized spacial score (nSPS) is 15.5. The molecular formula is C26H26FNO3. The van der Waals surface area contributed by atoms with E-state index in [4.69, 9.17) is 14.2 Å². The Morgan fingerprint density at radius 1 is 1.00 bits per heavy atom. The topological polar surface area (TPSA) is 39.7 Å². The summed E-state index contributed by atoms with van der Waals surface area (Å²) in [5, 5.41) is 3.49. The summed E-state index contributed by atoms with van der Waals surface area (Å²) in [6, 6.07) is 19.0. The van der Waals surface area contributed by atoms with Gasteiger partial charge in [0.15, 0.2) is 11.5 Å². The van der Waals surface area contributed by atoms with Crippen LogP contribution in [-0.4, -0.2) is 20.8 Å². The van der Waals surface area contributed by atoms with Crippen molar-refractivity contribution < 1.29 is 18.6 Å². The average molecular weight is 419 g/mol. The number of ether oxygens (including phenoxy) is 3. The highest BCUT2D eigenvalue weighted by molar-refractivity contribution is 5.55. The van der Waals surface area contributed by atoms with Gasteiger partial charge >= 0.3 is 0 Å². The third kappa shape index (κ3) is 4.89. The van der Waals surface area contributed by atoms with Crippen molar-refractivity contribution in [3.05, 3.63) is 94.8 Å². The van der Waals surface area contributed by atoms with Gasteiger partial charge in [0, 0.05) is 18.2 Å². The van der Waals surface area contributed by atoms with Crippen LogP contribution in [-0.2, 0) is 13.0 Å². The minimum absolute atomic E-state index is 0.0395. The minimum Gasteiger partial charge on any atom is -0.497 e. The van der Waals surface area contributed by atoms with Crippen LogP contribution in [0, 0.1) is 5.82 Å². The van der Waals surface area contributed by atoms with Crippen molar-refractivity contribution in [2.24, 2.45) is 0 Å². The standard InChI is InChI=1S/C26H26FNO3/c1-29-21-10-8-19(23(27)15-21)9-11-24-22-16-25(30-2)26(14-20(22)12-13-28-24)31-17-18-6-4-3-5-7-18/h3-11,14-16,24,28H,12-13,17H2,1-2H3/b11-9+. The van der Waals surface area contributed by atoms with E-state index in [1.165, 1.54) is 18.7 Å². The molecule has 5 heteroatoms. The molecule has 160 valence electrons. The van der Waals surface area contributed by atoms with Gasteiger partial charge < -0.3 is 19.5 Å². The summed E-state index contributed by atoms with van der Waals surface area (Å²) in [5.74, 6) is 1.61. The molecule has 0 fully saturated rings. The Morgan fingerprint density at radius 3 is 2.58 bits per heavy atom. The van der Waals surface area contributed by atoms with E-state index in [1.807, 2.05) is 42.5 Å². The van der Waals surface area contributed by atoms with Crippen molar-refractivity contribution in [3.8, 4) is 17.2 Å². The smallest absolute Gasteiger partial charge is 0.161 e. The zero-order valence-corrected chi connectivity index (χ0v) is 17.7. The van der Waals surface area contributed by atoms with Crippen LogP contribution in [0.4, 0.5) is 4.39 Å². The summed E-state index contributed by atoms with van der Waals surface area (Å²) < 4.78 is 31.0. The maximum absolute atomic E-state index is 14.3. The molecule has 31 heavy (non-hydrogen) atoms. The Labute approximate surface area is 182 Å². The maximum atomic E-state index is 14.3. The first kappa shape index (κ1) is 20.9. The number of halogens is 1. The van der Waals surface area contributed by atoms with Crippen molar-refractivity contribution in [3.63, 3.8) is 0 Å². The van der Waals surface area contributed by atoms with Crippen LogP contribution in [0.3, 0.4) is 0 Å². The molecule has 0 bridgehead atoms. The summed E-state index contributed by atoms with van der Waals surface area (Å²) in [6.45, 7) is 1.31. The second-order valence-electron chi connectivity index (χ2n) is 7.40. The van der Waals surface area contributed by atoms with Crippen LogP contribution >= 0.6 is 0 Å². The van der Waals surface area contributed by atoms with Gasteiger partial charge in [0.25, 0.3) is 0 Å². The first-order valence-electron chi connectivity index (χ1n) is 10.3. The molecule has 1 aliphatic heterocycles. The van der Waals surface area contributed by atoms with Crippen molar-refractivity contribution in [1.29, 1.82) is 0 Å². The van der Waals surface area contributed by atoms with Gasteiger partial charge in [-0.25, -0.2) is 4.39 Å². The van der Waals surface area contributed by atoms with Crippen LogP contribution < -0.4 is 19.5 Å². The molecule has 0 radical (unpaired) electrons. The van der Waals surface area contributed by atoms with Gasteiger partial charge in [-0.05, 0) is 47.4 Å². The number of methoxy groups -OCH3 is 2. The van der Waals surface area contributed by atoms with Gasteiger partial charge in [-0.15, -0.1) is 0 Å². The first-order chi connectivity index (χ1) is 15.2. The van der Waals surface area contributed by atoms with E-state index >= 15 is 0 Å². The predicted octanol–water partition coefficient (Wildman–Crippen LogP) is 5.32. The van der Waals surface area contributed by atoms with Gasteiger partial charge in [-0.1, -0.05) is 42.5 Å². The van der Waals surface area contributed by atoms with E-state index < -0.39 is 0 Å². The SMILES string of the molecule is COc1ccc(/C=C/C2NCCc3cc(OCc4ccccc4)c(OC)cc32)c(F)c1. The molecule has 1 unspecified atom stereocenters. The lowest BCUT2D eigenvalue weighted by molar-refractivity contribution is 0.283. The highest BCUT2D eigenvalue weighted by atomic mass is 19.1. The Balaban J connectivity index is 1.56. The molecule has 3 aromatic carbocycles. The third-order valence-corrected chi connectivity index (χ3v) is 5.43. The summed E-state index contributed by atoms with van der Waals surface area (Å²) in [5.41, 5.74) is 3.93. The molecule has 0 amide bonds. The third-order valence-electron chi connectivity index (χ3n) is 5.43. The Morgan fingerprint density at radius 2 is 1.84 bits per heavy atom. The van der Waals surface area contributed by atoms with Gasteiger partial charge in [0.1, 0.15) is 18.2 Å². The van der Waals surface area contributed by atoms with E-state index in [1.54, 1.807) is 25.3 Å². The molecule has 4 rings (SSSR count). The monoisotopic (exact) mass is 419 g/mol. The van der Waals surface area contributed by atoms with E-state index in [0.717, 1.165) is 29.8 Å². The molecule has 0 aromatic heterocycles. The van der Waals surface area contributed by atoms with Gasteiger partial charge in [-0.2, -0.15) is 0 Å². The molecule has 4 nitrogen and oxygen atoms in total. The molecule has 1 aliphatic rings. The van der Waals surface area contributed by atoms with Crippen LogP contribution in [0.25, 0.3) is 6.08 Å². The molecule has 0 spiro atoms. The molecule has 3 aromatic rings. The van der Waals surface area contributed by atoms with Crippen LogP contribution in [0.1, 0.15) is 28.3 Å². The summed E-state index contributed by atoms with van der Waals surface area (Å²) in [6.07, 6.45) is 4.67. The van der Waals surface area contributed by atoms with Crippen LogP contribution in [0.15, 0.2) is 66.7 Å². The maximum Gasteiger partial charge on any atom is 0.161 e. The van der Waals surface area contributed by atoms with Crippen molar-refractivity contribution in [2.75, 3.05) is 20.8 Å². The van der Waals surface area contributed by atoms with E-state index in [0.29, 0.717) is 23.7 Å². The molecule has 1 N–H and O–H groups in total. The summed E-state index contributed by atoms with van der Waals surface area (Å²) >= 11 is 0. The van der Waals surface area contributed by atoms with Crippen molar-refractivity contribution in [1.82, 2.24) is 5.32 Å². The van der Waals surface area contributed by atoms with Gasteiger partial charge in [0.05, 0.1) is 20.3 Å². The van der Waals surface area contributed by atoms with Crippen molar-refractivity contribution in [2.45, 2.75) is 19.1 Å². The molecule has 0 aliphatic carbocycles. The number of hydrogen-bond donors (Lipinski definition) is 1. The lowest BCUT2D eigenvalue weighted by Gasteiger charge is -2.26. The lowest BCUT2D eigenvalue weighted by Crippen LogP contribution is -2.28. The number of fused-ring (bicyclic) bond motifs is 1. The van der Waals surface area contributed by atoms with E-state index in [2.05, 4.69) is 11.4 Å². The largest absolute Gasteiger partial charge is 0.497 e. The van der Waals surface area contributed by atoms with Gasteiger partial charge in [0.2, 0.25) is 0 Å². The Bertz CT molecular complexity index is 1070. The van der Waals surface area contributed by atoms with Gasteiger partial charge in [-0.3, -0.25) is 0 Å². The molecule has 0 saturated heterocycles. The van der Waals surface area contributed by atoms with Crippen LogP contribution in [0.5, 0.6) is 17.2 Å². The number of rotatable bonds is 7. The van der Waals surface area contributed by atoms with Crippen molar-refractivity contribution >= 4 is 6.08 Å². The fourth-order valence-corrected chi connectivity index (χ4v) is 3.75. The fourth-order valence-electron chi connectivity index (χ4n) is 3.75. The van der Waals surface area contributed by atoms with Crippen LogP contribution in [0.2, 0.25) is 0 Å². The molecule has 1 heterocycles. The second-order valence-corrected chi connectivity index (χ2v) is 7.40. The zero-order chi connectivity index (χ0) is 21.6. The quantitative estimate of drug-likeness (QED) is 0.563. The Kier molecular flexibility index (Phi) is 6.53. The van der Waals surface area contributed by atoms with E-state index in [9.17, 15) is 4.39 Å². The number of nitrogens with one attached hydrogen (secondary N) is 1. The first-order valence-corrected chi connectivity index (χ1v) is 10.3. The lowest BCUT2D eigenvalue weighted by atomic mass is 9.93. The fraction of sp³-hybridized carbons (Fsp3) is 0.231. The highest BCUT2D eigenvalue weighted by Gasteiger charge is 2.21. The second kappa shape index (κ2) is 9.67. The average Bonchev–Trinajstić information content (AvgIpc) is 2.81. The number of hydrogen-bond acceptors (Lipinski definition) is 4. The number of benzene rings is 3. The van der Waals surface area contributed by atoms with E-state index in [-0.39, 0.29) is 11.9 Å². The molecular weight excluding hydrogens is 393 g/mol. The Hall–Kier alpha value is -3.31. The summed E-state index contributed by atoms with van der Waals surface area (Å²) in [7, 11) is 3.17. The predicted molar refractivity (Wildman–Crippen MR) is 120 cm³/mol.